The van der Waals surface area contributed by atoms with Gasteiger partial charge in [-0.25, -0.2) is 0 Å². The van der Waals surface area contributed by atoms with Gasteiger partial charge in [-0.15, -0.1) is 0 Å². The second kappa shape index (κ2) is 7.38. The lowest BCUT2D eigenvalue weighted by Gasteiger charge is -2.36. The van der Waals surface area contributed by atoms with Gasteiger partial charge in [0.15, 0.2) is 0 Å². The van der Waals surface area contributed by atoms with E-state index >= 15 is 0 Å². The van der Waals surface area contributed by atoms with Crippen molar-refractivity contribution in [2.75, 3.05) is 19.6 Å². The molecule has 0 bridgehead atoms. The number of rotatable bonds is 7. The molecule has 1 saturated heterocycles. The van der Waals surface area contributed by atoms with E-state index < -0.39 is 0 Å². The normalized spacial score (nSPS) is 23.8. The molecule has 102 valence electrons. The van der Waals surface area contributed by atoms with E-state index in [2.05, 4.69) is 44.8 Å². The molecule has 1 heterocycles. The number of nitrogens with one attached hydrogen (secondary N) is 1. The third-order valence-corrected chi connectivity index (χ3v) is 4.00. The second-order valence-corrected chi connectivity index (χ2v) is 6.31. The number of nitrogens with zero attached hydrogens (tertiary/aromatic N) is 1. The Labute approximate surface area is 108 Å². The van der Waals surface area contributed by atoms with Gasteiger partial charge in [0.25, 0.3) is 0 Å². The highest BCUT2D eigenvalue weighted by Gasteiger charge is 2.30. The van der Waals surface area contributed by atoms with Crippen LogP contribution < -0.4 is 5.32 Å². The molecule has 17 heavy (non-hydrogen) atoms. The van der Waals surface area contributed by atoms with Gasteiger partial charge in [-0.3, -0.25) is 4.90 Å². The average molecular weight is 240 g/mol. The van der Waals surface area contributed by atoms with Crippen LogP contribution in [0.25, 0.3) is 0 Å². The van der Waals surface area contributed by atoms with Crippen molar-refractivity contribution in [3.8, 4) is 0 Å². The molecule has 0 saturated carbocycles. The summed E-state index contributed by atoms with van der Waals surface area (Å²) < 4.78 is 0. The number of likely N-dealkylation sites (tertiary alicyclic amines) is 1. The summed E-state index contributed by atoms with van der Waals surface area (Å²) in [5.41, 5.74) is 0. The lowest BCUT2D eigenvalue weighted by Crippen LogP contribution is -2.48. The molecule has 0 aromatic rings. The molecule has 1 fully saturated rings. The standard InChI is InChI=1S/C15H32N2/c1-6-14-8-7-9-17(14)15(13(4)5)11-16-10-12(2)3/h12-16H,6-11H2,1-5H3. The maximum atomic E-state index is 3.65. The van der Waals surface area contributed by atoms with Crippen molar-refractivity contribution in [3.63, 3.8) is 0 Å². The van der Waals surface area contributed by atoms with Crippen LogP contribution in [0.2, 0.25) is 0 Å². The van der Waals surface area contributed by atoms with Crippen LogP contribution >= 0.6 is 0 Å². The van der Waals surface area contributed by atoms with Gasteiger partial charge in [-0.05, 0) is 44.2 Å². The molecule has 0 aromatic carbocycles. The third-order valence-electron chi connectivity index (χ3n) is 4.00. The van der Waals surface area contributed by atoms with E-state index in [1.165, 1.54) is 25.8 Å². The summed E-state index contributed by atoms with van der Waals surface area (Å²) >= 11 is 0. The molecule has 0 aliphatic carbocycles. The monoisotopic (exact) mass is 240 g/mol. The first-order valence-electron chi connectivity index (χ1n) is 7.52. The predicted molar refractivity (Wildman–Crippen MR) is 76.4 cm³/mol. The highest BCUT2D eigenvalue weighted by Crippen LogP contribution is 2.25. The molecule has 2 nitrogen and oxygen atoms in total. The molecular weight excluding hydrogens is 208 g/mol. The van der Waals surface area contributed by atoms with E-state index in [9.17, 15) is 0 Å². The Bertz CT molecular complexity index is 201. The Hall–Kier alpha value is -0.0800. The zero-order chi connectivity index (χ0) is 12.8. The molecule has 2 atom stereocenters. The maximum absolute atomic E-state index is 3.65. The van der Waals surface area contributed by atoms with Crippen LogP contribution in [0.1, 0.15) is 53.9 Å². The molecule has 1 aliphatic rings. The fraction of sp³-hybridized carbons (Fsp3) is 1.00. The Kier molecular flexibility index (Phi) is 6.50. The Morgan fingerprint density at radius 2 is 1.88 bits per heavy atom. The third kappa shape index (κ3) is 4.59. The van der Waals surface area contributed by atoms with Gasteiger partial charge in [0, 0.05) is 18.6 Å². The molecule has 0 amide bonds. The molecule has 0 spiro atoms. The number of hydrogen-bond acceptors (Lipinski definition) is 2. The van der Waals surface area contributed by atoms with Crippen LogP contribution in [-0.4, -0.2) is 36.6 Å². The zero-order valence-corrected chi connectivity index (χ0v) is 12.5. The van der Waals surface area contributed by atoms with Crippen molar-refractivity contribution in [2.45, 2.75) is 66.0 Å². The lowest BCUT2D eigenvalue weighted by atomic mass is 10.0. The van der Waals surface area contributed by atoms with Gasteiger partial charge >= 0.3 is 0 Å². The summed E-state index contributed by atoms with van der Waals surface area (Å²) in [6.07, 6.45) is 4.11. The molecule has 1 aliphatic heterocycles. The van der Waals surface area contributed by atoms with Crippen LogP contribution in [0.15, 0.2) is 0 Å². The van der Waals surface area contributed by atoms with Crippen LogP contribution in [0.3, 0.4) is 0 Å². The van der Waals surface area contributed by atoms with Gasteiger partial charge in [-0.1, -0.05) is 34.6 Å². The van der Waals surface area contributed by atoms with Crippen molar-refractivity contribution in [1.29, 1.82) is 0 Å². The number of hydrogen-bond donors (Lipinski definition) is 1. The predicted octanol–water partition coefficient (Wildman–Crippen LogP) is 3.13. The minimum atomic E-state index is 0.723. The summed E-state index contributed by atoms with van der Waals surface area (Å²) in [5, 5.41) is 3.65. The first-order chi connectivity index (χ1) is 8.06. The summed E-state index contributed by atoms with van der Waals surface area (Å²) in [6, 6.07) is 1.56. The summed E-state index contributed by atoms with van der Waals surface area (Å²) in [7, 11) is 0. The van der Waals surface area contributed by atoms with E-state index in [0.717, 1.165) is 37.0 Å². The van der Waals surface area contributed by atoms with E-state index in [-0.39, 0.29) is 0 Å². The topological polar surface area (TPSA) is 15.3 Å². The maximum Gasteiger partial charge on any atom is 0.0246 e. The van der Waals surface area contributed by atoms with Crippen LogP contribution in [0, 0.1) is 11.8 Å². The first kappa shape index (κ1) is 15.0. The fourth-order valence-corrected chi connectivity index (χ4v) is 2.99. The quantitative estimate of drug-likeness (QED) is 0.735. The van der Waals surface area contributed by atoms with E-state index in [0.29, 0.717) is 0 Å². The summed E-state index contributed by atoms with van der Waals surface area (Å²) in [4.78, 5) is 2.76. The minimum Gasteiger partial charge on any atom is -0.315 e. The molecule has 2 unspecified atom stereocenters. The molecule has 0 radical (unpaired) electrons. The first-order valence-corrected chi connectivity index (χ1v) is 7.52. The van der Waals surface area contributed by atoms with Crippen LogP contribution in [0.5, 0.6) is 0 Å². The van der Waals surface area contributed by atoms with Crippen LogP contribution in [-0.2, 0) is 0 Å². The van der Waals surface area contributed by atoms with Gasteiger partial charge in [0.2, 0.25) is 0 Å². The van der Waals surface area contributed by atoms with Gasteiger partial charge in [0.05, 0.1) is 0 Å². The smallest absolute Gasteiger partial charge is 0.0246 e. The van der Waals surface area contributed by atoms with Gasteiger partial charge in [-0.2, -0.15) is 0 Å². The van der Waals surface area contributed by atoms with Crippen molar-refractivity contribution < 1.29 is 0 Å². The Morgan fingerprint density at radius 3 is 2.41 bits per heavy atom. The van der Waals surface area contributed by atoms with Gasteiger partial charge in [0.1, 0.15) is 0 Å². The van der Waals surface area contributed by atoms with E-state index in [4.69, 9.17) is 0 Å². The highest BCUT2D eigenvalue weighted by atomic mass is 15.2. The van der Waals surface area contributed by atoms with Crippen molar-refractivity contribution in [2.24, 2.45) is 11.8 Å². The Morgan fingerprint density at radius 1 is 1.18 bits per heavy atom. The van der Waals surface area contributed by atoms with E-state index in [1.54, 1.807) is 0 Å². The Balaban J connectivity index is 2.47. The second-order valence-electron chi connectivity index (χ2n) is 6.31. The molecule has 1 N–H and O–H groups in total. The zero-order valence-electron chi connectivity index (χ0n) is 12.5. The molecule has 0 aromatic heterocycles. The average Bonchev–Trinajstić information content (AvgIpc) is 2.71. The van der Waals surface area contributed by atoms with Crippen LogP contribution in [0.4, 0.5) is 0 Å². The van der Waals surface area contributed by atoms with Crippen molar-refractivity contribution in [3.05, 3.63) is 0 Å². The van der Waals surface area contributed by atoms with E-state index in [1.807, 2.05) is 0 Å². The SMILES string of the molecule is CCC1CCCN1C(CNCC(C)C)C(C)C. The van der Waals surface area contributed by atoms with Gasteiger partial charge < -0.3 is 5.32 Å². The van der Waals surface area contributed by atoms with Crippen molar-refractivity contribution >= 4 is 0 Å². The minimum absolute atomic E-state index is 0.723. The summed E-state index contributed by atoms with van der Waals surface area (Å²) in [5.74, 6) is 1.50. The fourth-order valence-electron chi connectivity index (χ4n) is 2.99. The molecular formula is C15H32N2. The molecule has 1 rings (SSSR count). The summed E-state index contributed by atoms with van der Waals surface area (Å²) in [6.45, 7) is 15.2. The largest absolute Gasteiger partial charge is 0.315 e. The van der Waals surface area contributed by atoms with Crippen molar-refractivity contribution in [1.82, 2.24) is 10.2 Å². The highest BCUT2D eigenvalue weighted by molar-refractivity contribution is 4.86. The lowest BCUT2D eigenvalue weighted by molar-refractivity contribution is 0.134. The molecule has 2 heteroatoms.